The first-order valence-corrected chi connectivity index (χ1v) is 13.1. The van der Waals surface area contributed by atoms with E-state index in [-0.39, 0.29) is 20.5 Å². The Balaban J connectivity index is 1.69. The highest BCUT2D eigenvalue weighted by Gasteiger charge is 2.25. The smallest absolute Gasteiger partial charge is 0.293 e. The van der Waals surface area contributed by atoms with Crippen LogP contribution >= 0.6 is 11.3 Å². The summed E-state index contributed by atoms with van der Waals surface area (Å²) in [6, 6.07) is 15.7. The summed E-state index contributed by atoms with van der Waals surface area (Å²) in [5, 5.41) is 21.9. The number of aromatic nitrogens is 1. The van der Waals surface area contributed by atoms with Crippen LogP contribution in [-0.2, 0) is 9.53 Å². The third kappa shape index (κ3) is 4.96. The van der Waals surface area contributed by atoms with Crippen LogP contribution < -0.4 is 19.7 Å². The van der Waals surface area contributed by atoms with Gasteiger partial charge in [0.05, 0.1) is 28.4 Å². The lowest BCUT2D eigenvalue weighted by Crippen LogP contribution is -2.42. The minimum absolute atomic E-state index is 0.0208. The van der Waals surface area contributed by atoms with E-state index in [0.717, 1.165) is 37.3 Å². The summed E-state index contributed by atoms with van der Waals surface area (Å²) in [7, 11) is 0. The number of ether oxygens (including phenoxy) is 1. The van der Waals surface area contributed by atoms with Crippen LogP contribution in [0.3, 0.4) is 0 Å². The number of benzene rings is 2. The summed E-state index contributed by atoms with van der Waals surface area (Å²) in [6.07, 6.45) is 3.55. The van der Waals surface area contributed by atoms with Crippen molar-refractivity contribution in [3.8, 4) is 11.8 Å². The third-order valence-electron chi connectivity index (χ3n) is 6.62. The van der Waals surface area contributed by atoms with Crippen molar-refractivity contribution in [2.24, 2.45) is 0 Å². The minimum atomic E-state index is -0.459. The summed E-state index contributed by atoms with van der Waals surface area (Å²) in [6.45, 7) is 3.01. The molecule has 1 aromatic heterocycles. The molecule has 2 aliphatic heterocycles. The number of nitro benzene ring substituents is 1. The fraction of sp³-hybridized carbons (Fsp3) is 0.296. The first-order valence-electron chi connectivity index (χ1n) is 12.3. The standard InChI is InChI=1S/C27H25N5O5S/c28-18-21(25(33)30-12-14-37-15-13-30)27-31(20-6-2-1-3-7-20)26(34)24(38-27)17-19-8-9-22(23(16-19)32(35)36)29-10-4-5-11-29/h1-3,6-9,16-17H,4-5,10-15H2/b24-17-,27-21-. The molecular formula is C27H25N5O5S. The predicted octanol–water partition coefficient (Wildman–Crippen LogP) is 1.77. The largest absolute Gasteiger partial charge is 0.378 e. The van der Waals surface area contributed by atoms with Crippen LogP contribution in [0.5, 0.6) is 0 Å². The van der Waals surface area contributed by atoms with Crippen LogP contribution in [0.2, 0.25) is 0 Å². The molecule has 2 fully saturated rings. The zero-order valence-corrected chi connectivity index (χ0v) is 21.4. The van der Waals surface area contributed by atoms with Gasteiger partial charge in [0.25, 0.3) is 17.2 Å². The maximum atomic E-state index is 13.6. The molecule has 0 unspecified atom stereocenters. The quantitative estimate of drug-likeness (QED) is 0.363. The second-order valence-corrected chi connectivity index (χ2v) is 10.0. The van der Waals surface area contributed by atoms with Crippen LogP contribution in [-0.4, -0.2) is 59.7 Å². The Labute approximate surface area is 222 Å². The molecule has 38 heavy (non-hydrogen) atoms. The van der Waals surface area contributed by atoms with Crippen LogP contribution in [0.25, 0.3) is 17.3 Å². The minimum Gasteiger partial charge on any atom is -0.378 e. The highest BCUT2D eigenvalue weighted by molar-refractivity contribution is 7.07. The Kier molecular flexibility index (Phi) is 7.35. The molecule has 0 atom stereocenters. The van der Waals surface area contributed by atoms with E-state index in [9.17, 15) is 25.0 Å². The van der Waals surface area contributed by atoms with Crippen molar-refractivity contribution < 1.29 is 14.5 Å². The van der Waals surface area contributed by atoms with Crippen molar-refractivity contribution in [3.63, 3.8) is 0 Å². The Hall–Kier alpha value is -4.27. The number of nitrogens with zero attached hydrogens (tertiary/aromatic N) is 5. The van der Waals surface area contributed by atoms with Crippen molar-refractivity contribution in [2.45, 2.75) is 12.8 Å². The molecule has 11 heteroatoms. The normalized spacial score (nSPS) is 16.9. The van der Waals surface area contributed by atoms with Crippen LogP contribution in [0, 0.1) is 21.4 Å². The second-order valence-electron chi connectivity index (χ2n) is 8.98. The van der Waals surface area contributed by atoms with E-state index in [0.29, 0.717) is 43.2 Å². The SMILES string of the molecule is N#C/C(C(=O)N1CCOCC1)=c1/s/c(=C\c2ccc(N3CCCC3)c([N+](=O)[O-])c2)c(=O)n1-c1ccccc1. The van der Waals surface area contributed by atoms with Gasteiger partial charge in [-0.1, -0.05) is 24.3 Å². The molecule has 0 radical (unpaired) electrons. The number of hydrogen-bond acceptors (Lipinski definition) is 8. The molecule has 194 valence electrons. The third-order valence-corrected chi connectivity index (χ3v) is 7.71. The number of thiazole rings is 1. The molecule has 2 aliphatic rings. The van der Waals surface area contributed by atoms with Gasteiger partial charge < -0.3 is 14.5 Å². The monoisotopic (exact) mass is 531 g/mol. The first kappa shape index (κ1) is 25.4. The van der Waals surface area contributed by atoms with Gasteiger partial charge in [-0.2, -0.15) is 5.26 Å². The molecule has 0 spiro atoms. The average Bonchev–Trinajstić information content (AvgIpc) is 3.59. The summed E-state index contributed by atoms with van der Waals surface area (Å²) >= 11 is 1.02. The Bertz CT molecular complexity index is 1590. The van der Waals surface area contributed by atoms with Crippen molar-refractivity contribution >= 4 is 40.3 Å². The fourth-order valence-electron chi connectivity index (χ4n) is 4.73. The van der Waals surface area contributed by atoms with E-state index in [4.69, 9.17) is 4.74 Å². The highest BCUT2D eigenvalue weighted by atomic mass is 32.1. The molecule has 0 bridgehead atoms. The van der Waals surface area contributed by atoms with E-state index in [1.807, 2.05) is 17.0 Å². The molecule has 2 aromatic carbocycles. The predicted molar refractivity (Wildman–Crippen MR) is 144 cm³/mol. The first-order chi connectivity index (χ1) is 18.5. The van der Waals surface area contributed by atoms with Gasteiger partial charge in [-0.15, -0.1) is 11.3 Å². The van der Waals surface area contributed by atoms with Gasteiger partial charge in [0, 0.05) is 32.2 Å². The second kappa shape index (κ2) is 11.0. The fourth-order valence-corrected chi connectivity index (χ4v) is 5.82. The number of rotatable bonds is 5. The molecule has 2 saturated heterocycles. The number of nitriles is 1. The van der Waals surface area contributed by atoms with Crippen molar-refractivity contribution in [3.05, 3.63) is 83.8 Å². The van der Waals surface area contributed by atoms with Gasteiger partial charge in [0.1, 0.15) is 16.4 Å². The number of amides is 1. The summed E-state index contributed by atoms with van der Waals surface area (Å²) in [4.78, 5) is 41.9. The molecule has 3 heterocycles. The number of carbonyl (C=O) groups is 1. The zero-order chi connectivity index (χ0) is 26.6. The molecule has 0 N–H and O–H groups in total. The Morgan fingerprint density at radius 1 is 1.08 bits per heavy atom. The van der Waals surface area contributed by atoms with Gasteiger partial charge in [-0.3, -0.25) is 24.3 Å². The number of morpholine rings is 1. The van der Waals surface area contributed by atoms with Gasteiger partial charge in [-0.25, -0.2) is 0 Å². The number of anilines is 1. The van der Waals surface area contributed by atoms with Gasteiger partial charge in [0.15, 0.2) is 5.57 Å². The topological polar surface area (TPSA) is 122 Å². The van der Waals surface area contributed by atoms with E-state index in [1.165, 1.54) is 10.6 Å². The van der Waals surface area contributed by atoms with Crippen LogP contribution in [0.4, 0.5) is 11.4 Å². The van der Waals surface area contributed by atoms with E-state index < -0.39 is 16.4 Å². The van der Waals surface area contributed by atoms with Crippen molar-refractivity contribution in [1.82, 2.24) is 9.47 Å². The molecular weight excluding hydrogens is 506 g/mol. The molecule has 10 nitrogen and oxygen atoms in total. The number of hydrogen-bond donors (Lipinski definition) is 0. The number of para-hydroxylation sites is 1. The maximum Gasteiger partial charge on any atom is 0.293 e. The molecule has 0 saturated carbocycles. The van der Waals surface area contributed by atoms with Crippen molar-refractivity contribution in [2.75, 3.05) is 44.3 Å². The maximum absolute atomic E-state index is 13.6. The van der Waals surface area contributed by atoms with Gasteiger partial charge in [0.2, 0.25) is 0 Å². The lowest BCUT2D eigenvalue weighted by Gasteiger charge is -2.26. The molecule has 5 rings (SSSR count). The zero-order valence-electron chi connectivity index (χ0n) is 20.5. The van der Waals surface area contributed by atoms with Crippen LogP contribution in [0.15, 0.2) is 53.3 Å². The highest BCUT2D eigenvalue weighted by Crippen LogP contribution is 2.31. The molecule has 0 aliphatic carbocycles. The summed E-state index contributed by atoms with van der Waals surface area (Å²) in [5.74, 6) is -0.459. The van der Waals surface area contributed by atoms with Crippen LogP contribution in [0.1, 0.15) is 18.4 Å². The van der Waals surface area contributed by atoms with Gasteiger partial charge in [-0.05, 0) is 42.7 Å². The molecule has 1 amide bonds. The van der Waals surface area contributed by atoms with E-state index in [2.05, 4.69) is 0 Å². The number of nitro groups is 1. The Morgan fingerprint density at radius 3 is 2.45 bits per heavy atom. The summed E-state index contributed by atoms with van der Waals surface area (Å²) in [5.41, 5.74) is 1.00. The lowest BCUT2D eigenvalue weighted by atomic mass is 10.1. The average molecular weight is 532 g/mol. The van der Waals surface area contributed by atoms with E-state index >= 15 is 0 Å². The Morgan fingerprint density at radius 2 is 1.79 bits per heavy atom. The summed E-state index contributed by atoms with van der Waals surface area (Å²) < 4.78 is 7.16. The van der Waals surface area contributed by atoms with Crippen molar-refractivity contribution in [1.29, 1.82) is 5.26 Å². The lowest BCUT2D eigenvalue weighted by molar-refractivity contribution is -0.384. The number of carbonyl (C=O) groups excluding carboxylic acids is 1. The molecule has 3 aromatic rings. The van der Waals surface area contributed by atoms with E-state index in [1.54, 1.807) is 47.4 Å². The van der Waals surface area contributed by atoms with Gasteiger partial charge >= 0.3 is 0 Å².